The third-order valence-electron chi connectivity index (χ3n) is 8.98. The first-order valence-corrected chi connectivity index (χ1v) is 10.8. The third kappa shape index (κ3) is 2.66. The zero-order valence-corrected chi connectivity index (χ0v) is 16.8. The lowest BCUT2D eigenvalue weighted by atomic mass is 9.43. The number of ketones is 1. The van der Waals surface area contributed by atoms with Crippen LogP contribution in [0.1, 0.15) is 72.1 Å². The molecule has 0 bridgehead atoms. The first-order valence-electron chi connectivity index (χ1n) is 10.8. The van der Waals surface area contributed by atoms with Gasteiger partial charge in [0.2, 0.25) is 0 Å². The molecule has 26 heavy (non-hydrogen) atoms. The fourth-order valence-electron chi connectivity index (χ4n) is 7.57. The van der Waals surface area contributed by atoms with Crippen LogP contribution in [0.5, 0.6) is 0 Å². The predicted octanol–water partition coefficient (Wildman–Crippen LogP) is 4.18. The molecule has 0 heterocycles. The average Bonchev–Trinajstić information content (AvgIpc) is 2.92. The minimum absolute atomic E-state index is 0.0125. The maximum absolute atomic E-state index is 12.6. The quantitative estimate of drug-likeness (QED) is 0.607. The van der Waals surface area contributed by atoms with Crippen LogP contribution in [-0.4, -0.2) is 24.6 Å². The van der Waals surface area contributed by atoms with E-state index in [4.69, 9.17) is 10.6 Å². The number of oxime groups is 1. The molecule has 0 saturated heterocycles. The van der Waals surface area contributed by atoms with Gasteiger partial charge in [-0.1, -0.05) is 25.9 Å². The van der Waals surface area contributed by atoms with Crippen LogP contribution in [-0.2, 0) is 9.63 Å². The molecule has 0 radical (unpaired) electrons. The third-order valence-corrected chi connectivity index (χ3v) is 8.98. The summed E-state index contributed by atoms with van der Waals surface area (Å²) >= 11 is 0. The van der Waals surface area contributed by atoms with E-state index in [1.807, 2.05) is 0 Å². The van der Waals surface area contributed by atoms with Crippen molar-refractivity contribution in [1.29, 1.82) is 0 Å². The lowest BCUT2D eigenvalue weighted by Gasteiger charge is -2.61. The summed E-state index contributed by atoms with van der Waals surface area (Å²) in [5.74, 6) is 4.15. The highest BCUT2D eigenvalue weighted by atomic mass is 16.6. The van der Waals surface area contributed by atoms with Gasteiger partial charge in [-0.05, 0) is 80.0 Å². The van der Waals surface area contributed by atoms with Gasteiger partial charge in [0.05, 0.1) is 5.71 Å². The van der Waals surface area contributed by atoms with Crippen LogP contribution in [0.4, 0.5) is 0 Å². The van der Waals surface area contributed by atoms with E-state index in [1.54, 1.807) is 0 Å². The van der Waals surface area contributed by atoms with Gasteiger partial charge in [0.1, 0.15) is 12.4 Å². The molecule has 4 rings (SSSR count). The van der Waals surface area contributed by atoms with Crippen LogP contribution >= 0.6 is 0 Å². The topological polar surface area (TPSA) is 64.7 Å². The lowest BCUT2D eigenvalue weighted by Crippen LogP contribution is -2.56. The van der Waals surface area contributed by atoms with Gasteiger partial charge in [-0.25, -0.2) is 0 Å². The summed E-state index contributed by atoms with van der Waals surface area (Å²) in [7, 11) is 0. The number of Topliss-reactive ketones (excluding diaryl/α,β-unsaturated/α-hetero) is 1. The minimum Gasteiger partial charge on any atom is -0.395 e. The van der Waals surface area contributed by atoms with Gasteiger partial charge in [-0.2, -0.15) is 0 Å². The van der Waals surface area contributed by atoms with E-state index in [-0.39, 0.29) is 5.41 Å². The second-order valence-corrected chi connectivity index (χ2v) is 10.1. The van der Waals surface area contributed by atoms with Crippen molar-refractivity contribution < 1.29 is 9.63 Å². The van der Waals surface area contributed by atoms with Crippen molar-refractivity contribution in [2.45, 2.75) is 72.1 Å². The number of fused-ring (bicyclic) bond motifs is 5. The maximum Gasteiger partial charge on any atom is 0.139 e. The molecule has 7 atom stereocenters. The normalized spacial score (nSPS) is 49.5. The Bertz CT molecular complexity index is 603. The summed E-state index contributed by atoms with van der Waals surface area (Å²) in [5, 5.41) is 4.40. The van der Waals surface area contributed by atoms with Gasteiger partial charge in [-0.3, -0.25) is 4.79 Å². The van der Waals surface area contributed by atoms with E-state index in [0.29, 0.717) is 42.1 Å². The average molecular weight is 361 g/mol. The van der Waals surface area contributed by atoms with Crippen molar-refractivity contribution in [3.63, 3.8) is 0 Å². The molecule has 4 nitrogen and oxygen atoms in total. The zero-order valence-electron chi connectivity index (χ0n) is 16.8. The molecular formula is C22H36N2O2. The predicted molar refractivity (Wildman–Crippen MR) is 104 cm³/mol. The highest BCUT2D eigenvalue weighted by molar-refractivity contribution is 5.87. The van der Waals surface area contributed by atoms with Gasteiger partial charge >= 0.3 is 0 Å². The Kier molecular flexibility index (Phi) is 4.70. The van der Waals surface area contributed by atoms with Crippen molar-refractivity contribution >= 4 is 11.5 Å². The molecule has 4 heteroatoms. The number of nitrogens with two attached hydrogens (primary N) is 1. The molecule has 4 aliphatic carbocycles. The summed E-state index contributed by atoms with van der Waals surface area (Å²) in [6.07, 6.45) is 9.02. The van der Waals surface area contributed by atoms with E-state index >= 15 is 0 Å². The number of hydrogen-bond acceptors (Lipinski definition) is 4. The van der Waals surface area contributed by atoms with Gasteiger partial charge < -0.3 is 10.6 Å². The maximum atomic E-state index is 12.6. The van der Waals surface area contributed by atoms with Gasteiger partial charge in [0, 0.05) is 18.4 Å². The van der Waals surface area contributed by atoms with Crippen molar-refractivity contribution in [3.8, 4) is 0 Å². The van der Waals surface area contributed by atoms with Crippen LogP contribution in [0.25, 0.3) is 0 Å². The van der Waals surface area contributed by atoms with E-state index in [0.717, 1.165) is 43.9 Å². The Morgan fingerprint density at radius 2 is 1.96 bits per heavy atom. The number of rotatable bonds is 3. The van der Waals surface area contributed by atoms with Crippen molar-refractivity contribution in [1.82, 2.24) is 0 Å². The minimum atomic E-state index is -0.0125. The molecule has 4 saturated carbocycles. The summed E-state index contributed by atoms with van der Waals surface area (Å²) in [4.78, 5) is 18.0. The molecule has 4 aliphatic rings. The van der Waals surface area contributed by atoms with Crippen LogP contribution in [0.15, 0.2) is 5.16 Å². The summed E-state index contributed by atoms with van der Waals surface area (Å²) in [5.41, 5.74) is 7.14. The summed E-state index contributed by atoms with van der Waals surface area (Å²) in [6, 6.07) is 0. The molecule has 0 aromatic rings. The molecule has 4 fully saturated rings. The van der Waals surface area contributed by atoms with Crippen molar-refractivity contribution in [2.75, 3.05) is 13.2 Å². The van der Waals surface area contributed by atoms with Crippen molar-refractivity contribution in [3.05, 3.63) is 0 Å². The SMILES string of the molecule is C[C@H]1C[C@@H]2[C@H](CC[C@]3(C)C(=O)CC[C@@H]23)[C@@]2(C)CC/C(=N/OCCN)CC12. The Labute approximate surface area is 158 Å². The second-order valence-electron chi connectivity index (χ2n) is 10.1. The fraction of sp³-hybridized carbons (Fsp3) is 0.909. The van der Waals surface area contributed by atoms with E-state index in [1.165, 1.54) is 25.0 Å². The first kappa shape index (κ1) is 18.5. The highest BCUT2D eigenvalue weighted by Gasteiger charge is 2.61. The summed E-state index contributed by atoms with van der Waals surface area (Å²) < 4.78 is 0. The molecule has 0 aromatic carbocycles. The van der Waals surface area contributed by atoms with Gasteiger partial charge in [0.15, 0.2) is 0 Å². The fourth-order valence-corrected chi connectivity index (χ4v) is 7.57. The Morgan fingerprint density at radius 1 is 1.15 bits per heavy atom. The van der Waals surface area contributed by atoms with Gasteiger partial charge in [0.25, 0.3) is 0 Å². The number of carbonyl (C=O) groups is 1. The standard InChI is InChI=1S/C22H36N2O2/c1-14-12-16-17-4-5-20(25)22(17,3)9-7-18(16)21(2)8-6-15(13-19(14)21)24-26-11-10-23/h14,16-19H,4-13,23H2,1-3H3/b24-15-/t14-,16-,17-,18-,19?,21+,22-/m0/s1. The van der Waals surface area contributed by atoms with Crippen LogP contribution in [0.2, 0.25) is 0 Å². The van der Waals surface area contributed by atoms with E-state index < -0.39 is 0 Å². The molecule has 2 N–H and O–H groups in total. The largest absolute Gasteiger partial charge is 0.395 e. The van der Waals surface area contributed by atoms with Crippen LogP contribution in [0.3, 0.4) is 0 Å². The highest BCUT2D eigenvalue weighted by Crippen LogP contribution is 2.66. The summed E-state index contributed by atoms with van der Waals surface area (Å²) in [6.45, 7) is 8.33. The molecule has 0 spiro atoms. The van der Waals surface area contributed by atoms with Crippen LogP contribution in [0, 0.1) is 40.4 Å². The molecule has 0 aliphatic heterocycles. The van der Waals surface area contributed by atoms with Gasteiger partial charge in [-0.15, -0.1) is 0 Å². The Morgan fingerprint density at radius 3 is 2.73 bits per heavy atom. The molecular weight excluding hydrogens is 324 g/mol. The van der Waals surface area contributed by atoms with Crippen molar-refractivity contribution in [2.24, 2.45) is 51.3 Å². The van der Waals surface area contributed by atoms with Crippen LogP contribution < -0.4 is 5.73 Å². The number of nitrogens with zero attached hydrogens (tertiary/aromatic N) is 1. The molecule has 0 amide bonds. The number of hydrogen-bond donors (Lipinski definition) is 1. The lowest BCUT2D eigenvalue weighted by molar-refractivity contribution is -0.141. The van der Waals surface area contributed by atoms with E-state index in [2.05, 4.69) is 25.9 Å². The monoisotopic (exact) mass is 360 g/mol. The molecule has 146 valence electrons. The zero-order chi connectivity index (χ0) is 18.5. The molecule has 0 aromatic heterocycles. The smallest absolute Gasteiger partial charge is 0.139 e. The van der Waals surface area contributed by atoms with E-state index in [9.17, 15) is 4.79 Å². The number of carbonyl (C=O) groups excluding carboxylic acids is 1. The first-order chi connectivity index (χ1) is 12.4. The second kappa shape index (κ2) is 6.61. The Balaban J connectivity index is 1.56. The Hall–Kier alpha value is -0.900. The molecule has 1 unspecified atom stereocenters.